The van der Waals surface area contributed by atoms with Gasteiger partial charge in [0.1, 0.15) is 0 Å². The van der Waals surface area contributed by atoms with Gasteiger partial charge in [0.05, 0.1) is 26.9 Å². The van der Waals surface area contributed by atoms with Crippen molar-refractivity contribution in [2.24, 2.45) is 11.8 Å². The zero-order valence-electron chi connectivity index (χ0n) is 16.7. The van der Waals surface area contributed by atoms with Gasteiger partial charge in [-0.2, -0.15) is 0 Å². The van der Waals surface area contributed by atoms with E-state index in [-0.39, 0.29) is 5.41 Å². The van der Waals surface area contributed by atoms with Crippen LogP contribution in [0.1, 0.15) is 24.8 Å². The first kappa shape index (κ1) is 16.1. The van der Waals surface area contributed by atoms with Crippen LogP contribution in [0.4, 0.5) is 5.69 Å². The Labute approximate surface area is 166 Å². The topological polar surface area (TPSA) is 34.2 Å². The van der Waals surface area contributed by atoms with Crippen molar-refractivity contribution in [1.29, 1.82) is 0 Å². The highest BCUT2D eigenvalue weighted by Gasteiger charge is 2.69. The highest BCUT2D eigenvalue weighted by Crippen LogP contribution is 2.66. The Balaban J connectivity index is 1.50. The molecule has 0 N–H and O–H groups in total. The number of anilines is 1. The summed E-state index contributed by atoms with van der Waals surface area (Å²) in [5.41, 5.74) is 4.78. The van der Waals surface area contributed by atoms with Crippen LogP contribution < -0.4 is 14.4 Å². The van der Waals surface area contributed by atoms with Crippen LogP contribution >= 0.6 is 0 Å². The van der Waals surface area contributed by atoms with E-state index >= 15 is 0 Å². The minimum atomic E-state index is 0.216. The summed E-state index contributed by atoms with van der Waals surface area (Å²) in [6, 6.07) is 5.76. The van der Waals surface area contributed by atoms with Crippen molar-refractivity contribution in [3.63, 3.8) is 0 Å². The second-order valence-electron chi connectivity index (χ2n) is 9.50. The van der Waals surface area contributed by atoms with Crippen LogP contribution in [0.15, 0.2) is 23.8 Å². The fourth-order valence-corrected chi connectivity index (χ4v) is 8.04. The lowest BCUT2D eigenvalue weighted by molar-refractivity contribution is -0.0566. The summed E-state index contributed by atoms with van der Waals surface area (Å²) in [6.07, 6.45) is 6.52. The summed E-state index contributed by atoms with van der Waals surface area (Å²) in [5, 5.41) is 0. The largest absolute Gasteiger partial charge is 0.493 e. The van der Waals surface area contributed by atoms with Crippen molar-refractivity contribution in [2.45, 2.75) is 42.9 Å². The molecule has 0 radical (unpaired) electrons. The van der Waals surface area contributed by atoms with E-state index in [4.69, 9.17) is 14.2 Å². The van der Waals surface area contributed by atoms with Gasteiger partial charge in [-0.1, -0.05) is 11.6 Å². The van der Waals surface area contributed by atoms with E-state index in [1.807, 2.05) is 0 Å². The summed E-state index contributed by atoms with van der Waals surface area (Å²) in [7, 11) is 3.51. The maximum Gasteiger partial charge on any atom is 0.162 e. The Morgan fingerprint density at radius 1 is 1.14 bits per heavy atom. The standard InChI is InChI=1S/C23H28N2O3/c1-26-18-10-15-16(11-19(18)27-2)25-6-3-17-21-14-9-20-23(15,22(21)25)5-7-24(20)12-13(14)4-8-28-17/h4,10-11,14,17,20-22H,3,5-9,12H2,1-2H3/t14-,17+,20-,21-,22+,23-/m0/s1. The Morgan fingerprint density at radius 2 is 2.00 bits per heavy atom. The minimum absolute atomic E-state index is 0.216. The molecule has 5 aliphatic heterocycles. The minimum Gasteiger partial charge on any atom is -0.493 e. The molecule has 1 aromatic carbocycles. The van der Waals surface area contributed by atoms with E-state index in [0.29, 0.717) is 30.0 Å². The number of rotatable bonds is 2. The van der Waals surface area contributed by atoms with Crippen LogP contribution in [0, 0.1) is 11.8 Å². The number of hydrogen-bond donors (Lipinski definition) is 0. The van der Waals surface area contributed by atoms with Crippen molar-refractivity contribution in [1.82, 2.24) is 4.90 Å². The van der Waals surface area contributed by atoms with Gasteiger partial charge in [0, 0.05) is 48.3 Å². The Bertz CT molecular complexity index is 898. The molecule has 1 aromatic rings. The number of ether oxygens (including phenoxy) is 3. The molecular weight excluding hydrogens is 352 g/mol. The molecule has 1 saturated carbocycles. The van der Waals surface area contributed by atoms with Gasteiger partial charge in [-0.3, -0.25) is 4.90 Å². The van der Waals surface area contributed by atoms with Crippen LogP contribution in [-0.4, -0.2) is 63.5 Å². The van der Waals surface area contributed by atoms with Crippen LogP contribution in [0.5, 0.6) is 11.5 Å². The van der Waals surface area contributed by atoms with E-state index in [1.165, 1.54) is 30.6 Å². The van der Waals surface area contributed by atoms with E-state index in [1.54, 1.807) is 19.8 Å². The van der Waals surface area contributed by atoms with E-state index in [0.717, 1.165) is 37.6 Å². The molecular formula is C23H28N2O3. The molecule has 4 fully saturated rings. The number of hydrogen-bond acceptors (Lipinski definition) is 5. The third-order valence-electron chi connectivity index (χ3n) is 8.93. The average molecular weight is 380 g/mol. The fraction of sp³-hybridized carbons (Fsp3) is 0.652. The zero-order chi connectivity index (χ0) is 18.6. The Hall–Kier alpha value is -1.72. The third kappa shape index (κ3) is 1.65. The van der Waals surface area contributed by atoms with Crippen molar-refractivity contribution in [3.8, 4) is 11.5 Å². The molecule has 6 aliphatic rings. The Kier molecular flexibility index (Phi) is 3.02. The summed E-state index contributed by atoms with van der Waals surface area (Å²) in [4.78, 5) is 5.51. The molecule has 7 rings (SSSR count). The molecule has 0 unspecified atom stereocenters. The molecule has 5 heterocycles. The van der Waals surface area contributed by atoms with Crippen molar-refractivity contribution >= 4 is 5.69 Å². The van der Waals surface area contributed by atoms with Crippen molar-refractivity contribution in [3.05, 3.63) is 29.3 Å². The monoisotopic (exact) mass is 380 g/mol. The second-order valence-corrected chi connectivity index (χ2v) is 9.50. The van der Waals surface area contributed by atoms with Gasteiger partial charge < -0.3 is 19.1 Å². The molecule has 1 aliphatic carbocycles. The van der Waals surface area contributed by atoms with E-state index in [9.17, 15) is 0 Å². The number of nitrogens with zero attached hydrogens (tertiary/aromatic N) is 2. The van der Waals surface area contributed by atoms with Gasteiger partial charge >= 0.3 is 0 Å². The SMILES string of the molecule is COc1cc2c(cc1OC)[C@]13CCN4CC5=CCO[C@@H]6CCN2[C@@H]1[C@H]6[C@H]5C[C@H]43. The number of fused-ring (bicyclic) bond motifs is 2. The van der Waals surface area contributed by atoms with Crippen LogP contribution in [0.2, 0.25) is 0 Å². The van der Waals surface area contributed by atoms with Gasteiger partial charge in [-0.25, -0.2) is 0 Å². The quantitative estimate of drug-likeness (QED) is 0.737. The molecule has 0 amide bonds. The predicted octanol–water partition coefficient (Wildman–Crippen LogP) is 2.58. The third-order valence-corrected chi connectivity index (χ3v) is 8.93. The van der Waals surface area contributed by atoms with Gasteiger partial charge in [0.25, 0.3) is 0 Å². The van der Waals surface area contributed by atoms with Crippen molar-refractivity contribution < 1.29 is 14.2 Å². The van der Waals surface area contributed by atoms with Gasteiger partial charge in [-0.15, -0.1) is 0 Å². The van der Waals surface area contributed by atoms with Gasteiger partial charge in [-0.05, 0) is 43.4 Å². The lowest BCUT2D eigenvalue weighted by Gasteiger charge is -2.59. The maximum absolute atomic E-state index is 6.44. The molecule has 1 spiro atoms. The fourth-order valence-electron chi connectivity index (χ4n) is 8.04. The highest BCUT2D eigenvalue weighted by atomic mass is 16.5. The summed E-state index contributed by atoms with van der Waals surface area (Å²) in [5.74, 6) is 3.05. The van der Waals surface area contributed by atoms with E-state index < -0.39 is 0 Å². The molecule has 5 heteroatoms. The normalized spacial score (nSPS) is 42.0. The van der Waals surface area contributed by atoms with E-state index in [2.05, 4.69) is 28.0 Å². The first-order chi connectivity index (χ1) is 13.8. The molecule has 2 bridgehead atoms. The molecule has 6 atom stereocenters. The molecule has 148 valence electrons. The lowest BCUT2D eigenvalue weighted by Crippen LogP contribution is -2.68. The molecule has 5 nitrogen and oxygen atoms in total. The van der Waals surface area contributed by atoms with Crippen LogP contribution in [0.3, 0.4) is 0 Å². The molecule has 28 heavy (non-hydrogen) atoms. The van der Waals surface area contributed by atoms with Crippen LogP contribution in [-0.2, 0) is 10.2 Å². The summed E-state index contributed by atoms with van der Waals surface area (Å²) in [6.45, 7) is 4.26. The Morgan fingerprint density at radius 3 is 2.86 bits per heavy atom. The number of methoxy groups -OCH3 is 2. The second kappa shape index (κ2) is 5.25. The van der Waals surface area contributed by atoms with Crippen molar-refractivity contribution in [2.75, 3.05) is 45.4 Å². The number of benzene rings is 1. The van der Waals surface area contributed by atoms with Gasteiger partial charge in [0.15, 0.2) is 11.5 Å². The predicted molar refractivity (Wildman–Crippen MR) is 106 cm³/mol. The molecule has 0 aromatic heterocycles. The highest BCUT2D eigenvalue weighted by molar-refractivity contribution is 5.72. The first-order valence-corrected chi connectivity index (χ1v) is 10.8. The average Bonchev–Trinajstić information content (AvgIpc) is 3.18. The zero-order valence-corrected chi connectivity index (χ0v) is 16.7. The maximum atomic E-state index is 6.44. The van der Waals surface area contributed by atoms with Gasteiger partial charge in [0.2, 0.25) is 0 Å². The van der Waals surface area contributed by atoms with Crippen LogP contribution in [0.25, 0.3) is 0 Å². The number of piperidine rings is 2. The summed E-state index contributed by atoms with van der Waals surface area (Å²) < 4.78 is 17.9. The molecule has 3 saturated heterocycles. The first-order valence-electron chi connectivity index (χ1n) is 10.8. The lowest BCUT2D eigenvalue weighted by atomic mass is 9.53. The smallest absolute Gasteiger partial charge is 0.162 e. The summed E-state index contributed by atoms with van der Waals surface area (Å²) >= 11 is 0.